The van der Waals surface area contributed by atoms with Crippen LogP contribution < -0.4 is 5.32 Å². The van der Waals surface area contributed by atoms with Crippen molar-refractivity contribution in [2.45, 2.75) is 25.3 Å². The van der Waals surface area contributed by atoms with E-state index in [2.05, 4.69) is 5.32 Å². The topological polar surface area (TPSA) is 137 Å². The van der Waals surface area contributed by atoms with Crippen LogP contribution in [0.3, 0.4) is 0 Å². The van der Waals surface area contributed by atoms with Crippen molar-refractivity contribution >= 4 is 21.7 Å². The number of methoxy groups -OCH3 is 1. The Balaban J connectivity index is 2.76. The Hall–Kier alpha value is -2.12. The highest BCUT2D eigenvalue weighted by molar-refractivity contribution is 7.91. The number of carbonyl (C=O) groups is 2. The molecule has 0 aromatic rings. The van der Waals surface area contributed by atoms with Crippen molar-refractivity contribution in [3.63, 3.8) is 0 Å². The van der Waals surface area contributed by atoms with E-state index in [-0.39, 0.29) is 42.5 Å². The summed E-state index contributed by atoms with van der Waals surface area (Å²) in [4.78, 5) is 24.1. The second-order valence-corrected chi connectivity index (χ2v) is 7.92. The lowest BCUT2D eigenvalue weighted by Gasteiger charge is -2.26. The van der Waals surface area contributed by atoms with Gasteiger partial charge < -0.3 is 20.1 Å². The van der Waals surface area contributed by atoms with Crippen LogP contribution >= 0.6 is 0 Å². The quantitative estimate of drug-likeness (QED) is 0.297. The van der Waals surface area contributed by atoms with Crippen LogP contribution in [0.2, 0.25) is 0 Å². The van der Waals surface area contributed by atoms with E-state index in [0.717, 1.165) is 0 Å². The van der Waals surface area contributed by atoms with Crippen LogP contribution in [-0.4, -0.2) is 74.7 Å². The summed E-state index contributed by atoms with van der Waals surface area (Å²) in [6, 6.07) is 1.50. The van der Waals surface area contributed by atoms with E-state index >= 15 is 0 Å². The van der Waals surface area contributed by atoms with Crippen molar-refractivity contribution in [1.82, 2.24) is 10.2 Å². The summed E-state index contributed by atoms with van der Waals surface area (Å²) in [5.41, 5.74) is -0.157. The summed E-state index contributed by atoms with van der Waals surface area (Å²) in [6.45, 7) is 0.820. The molecule has 140 valence electrons. The molecule has 1 saturated heterocycles. The number of nitriles is 1. The van der Waals surface area contributed by atoms with Crippen molar-refractivity contribution < 1.29 is 27.9 Å². The molecule has 1 aliphatic heterocycles. The number of aliphatic carboxylic acids is 1. The third-order valence-corrected chi connectivity index (χ3v) is 5.49. The number of carboxylic acids is 1. The number of rotatable bonds is 10. The molecular weight excluding hydrogens is 350 g/mol. The molecule has 10 heteroatoms. The minimum absolute atomic E-state index is 0.0217. The van der Waals surface area contributed by atoms with E-state index in [1.807, 2.05) is 0 Å². The standard InChI is InChI=1S/C15H23N3O6S/c1-24-7-6-18(13-4-8-25(22,23)11-13)10-12(9-16)15(21)17-5-2-3-14(19)20/h10,13H,2-8,11H2,1H3,(H,17,21)(H,19,20)/b12-10-. The van der Waals surface area contributed by atoms with Gasteiger partial charge in [0.1, 0.15) is 11.6 Å². The first kappa shape index (κ1) is 20.9. The molecule has 0 aromatic heterocycles. The summed E-state index contributed by atoms with van der Waals surface area (Å²) in [7, 11) is -1.60. The molecule has 1 heterocycles. The smallest absolute Gasteiger partial charge is 0.303 e. The fraction of sp³-hybridized carbons (Fsp3) is 0.667. The first-order valence-corrected chi connectivity index (χ1v) is 9.68. The van der Waals surface area contributed by atoms with Crippen molar-refractivity contribution in [1.29, 1.82) is 5.26 Å². The molecule has 1 rings (SSSR count). The Labute approximate surface area is 147 Å². The summed E-state index contributed by atoms with van der Waals surface area (Å²) < 4.78 is 28.3. The van der Waals surface area contributed by atoms with Gasteiger partial charge in [-0.2, -0.15) is 5.26 Å². The number of ether oxygens (including phenoxy) is 1. The van der Waals surface area contributed by atoms with Crippen LogP contribution in [0.15, 0.2) is 11.8 Å². The molecule has 1 amide bonds. The molecule has 0 bridgehead atoms. The zero-order valence-electron chi connectivity index (χ0n) is 14.1. The first-order chi connectivity index (χ1) is 11.8. The highest BCUT2D eigenvalue weighted by Gasteiger charge is 2.31. The van der Waals surface area contributed by atoms with Gasteiger partial charge in [0, 0.05) is 38.9 Å². The van der Waals surface area contributed by atoms with Crippen LogP contribution in [0.25, 0.3) is 0 Å². The molecule has 9 nitrogen and oxygen atoms in total. The van der Waals surface area contributed by atoms with E-state index in [4.69, 9.17) is 9.84 Å². The molecular formula is C15H23N3O6S. The molecule has 0 aromatic carbocycles. The molecule has 0 saturated carbocycles. The largest absolute Gasteiger partial charge is 0.481 e. The molecule has 1 atom stereocenters. The average molecular weight is 373 g/mol. The van der Waals surface area contributed by atoms with Gasteiger partial charge in [0.15, 0.2) is 9.84 Å². The van der Waals surface area contributed by atoms with Crippen molar-refractivity contribution in [2.24, 2.45) is 0 Å². The monoisotopic (exact) mass is 373 g/mol. The normalized spacial score (nSPS) is 19.2. The third-order valence-electron chi connectivity index (χ3n) is 3.74. The van der Waals surface area contributed by atoms with Crippen LogP contribution in [0.4, 0.5) is 0 Å². The molecule has 25 heavy (non-hydrogen) atoms. The second kappa shape index (κ2) is 10.0. The van der Waals surface area contributed by atoms with Gasteiger partial charge in [-0.25, -0.2) is 8.42 Å². The van der Waals surface area contributed by atoms with Gasteiger partial charge in [-0.05, 0) is 12.8 Å². The predicted molar refractivity (Wildman–Crippen MR) is 89.2 cm³/mol. The zero-order valence-corrected chi connectivity index (χ0v) is 14.9. The van der Waals surface area contributed by atoms with Gasteiger partial charge in [-0.15, -0.1) is 0 Å². The number of hydrogen-bond donors (Lipinski definition) is 2. The Kier molecular flexibility index (Phi) is 8.37. The second-order valence-electron chi connectivity index (χ2n) is 5.70. The van der Waals surface area contributed by atoms with E-state index in [0.29, 0.717) is 19.6 Å². The van der Waals surface area contributed by atoms with Gasteiger partial charge in [-0.1, -0.05) is 0 Å². The highest BCUT2D eigenvalue weighted by Crippen LogP contribution is 2.18. The summed E-state index contributed by atoms with van der Waals surface area (Å²) in [6.07, 6.45) is 1.97. The van der Waals surface area contributed by atoms with Gasteiger partial charge in [0.25, 0.3) is 5.91 Å². The van der Waals surface area contributed by atoms with E-state index in [1.165, 1.54) is 13.3 Å². The zero-order chi connectivity index (χ0) is 18.9. The number of nitrogens with zero attached hydrogens (tertiary/aromatic N) is 2. The number of sulfone groups is 1. The lowest BCUT2D eigenvalue weighted by molar-refractivity contribution is -0.137. The van der Waals surface area contributed by atoms with E-state index in [9.17, 15) is 23.3 Å². The SMILES string of the molecule is COCCN(/C=C(/C#N)C(=O)NCCCC(=O)O)C1CCS(=O)(=O)C1. The van der Waals surface area contributed by atoms with E-state index in [1.54, 1.807) is 11.0 Å². The Bertz CT molecular complexity index is 653. The Morgan fingerprint density at radius 2 is 2.20 bits per heavy atom. The molecule has 0 spiro atoms. The third kappa shape index (κ3) is 7.53. The molecule has 1 fully saturated rings. The number of nitrogens with one attached hydrogen (secondary N) is 1. The predicted octanol–water partition coefficient (Wildman–Crippen LogP) is -0.490. The maximum atomic E-state index is 12.0. The molecule has 0 aliphatic carbocycles. The molecule has 1 aliphatic rings. The number of carbonyl (C=O) groups excluding carboxylic acids is 1. The van der Waals surface area contributed by atoms with Crippen molar-refractivity contribution in [2.75, 3.05) is 38.3 Å². The lowest BCUT2D eigenvalue weighted by Crippen LogP contribution is -2.36. The molecule has 1 unspecified atom stereocenters. The number of hydrogen-bond acceptors (Lipinski definition) is 7. The average Bonchev–Trinajstić information content (AvgIpc) is 2.91. The number of amides is 1. The van der Waals surface area contributed by atoms with Gasteiger partial charge >= 0.3 is 5.97 Å². The fourth-order valence-electron chi connectivity index (χ4n) is 2.43. The summed E-state index contributed by atoms with van der Waals surface area (Å²) in [5.74, 6) is -1.51. The van der Waals surface area contributed by atoms with Gasteiger partial charge in [0.2, 0.25) is 0 Å². The van der Waals surface area contributed by atoms with Crippen molar-refractivity contribution in [3.05, 3.63) is 11.8 Å². The first-order valence-electron chi connectivity index (χ1n) is 7.86. The minimum Gasteiger partial charge on any atom is -0.481 e. The number of carboxylic acid groups (broad SMARTS) is 1. The summed E-state index contributed by atoms with van der Waals surface area (Å²) >= 11 is 0. The van der Waals surface area contributed by atoms with E-state index < -0.39 is 21.7 Å². The van der Waals surface area contributed by atoms with Crippen LogP contribution in [0.1, 0.15) is 19.3 Å². The van der Waals surface area contributed by atoms with Gasteiger partial charge in [0.05, 0.1) is 18.1 Å². The van der Waals surface area contributed by atoms with Crippen LogP contribution in [-0.2, 0) is 24.2 Å². The Morgan fingerprint density at radius 3 is 2.72 bits per heavy atom. The lowest BCUT2D eigenvalue weighted by atomic mass is 10.2. The van der Waals surface area contributed by atoms with Crippen molar-refractivity contribution in [3.8, 4) is 6.07 Å². The molecule has 2 N–H and O–H groups in total. The summed E-state index contributed by atoms with van der Waals surface area (Å²) in [5, 5.41) is 20.3. The fourth-order valence-corrected chi connectivity index (χ4v) is 4.17. The Morgan fingerprint density at radius 1 is 1.48 bits per heavy atom. The van der Waals surface area contributed by atoms with Crippen LogP contribution in [0.5, 0.6) is 0 Å². The highest BCUT2D eigenvalue weighted by atomic mass is 32.2. The maximum absolute atomic E-state index is 12.0. The van der Waals surface area contributed by atoms with Crippen LogP contribution in [0, 0.1) is 11.3 Å². The molecule has 0 radical (unpaired) electrons. The maximum Gasteiger partial charge on any atom is 0.303 e. The van der Waals surface area contributed by atoms with Gasteiger partial charge in [-0.3, -0.25) is 9.59 Å². The minimum atomic E-state index is -3.10.